The van der Waals surface area contributed by atoms with Crippen molar-refractivity contribution >= 4 is 22.8 Å². The van der Waals surface area contributed by atoms with E-state index in [1.165, 1.54) is 31.1 Å². The molecule has 11 nitrogen and oxygen atoms in total. The van der Waals surface area contributed by atoms with Crippen molar-refractivity contribution in [1.82, 2.24) is 29.5 Å². The minimum Gasteiger partial charge on any atom is -0.494 e. The van der Waals surface area contributed by atoms with Crippen LogP contribution in [0.2, 0.25) is 0 Å². The van der Waals surface area contributed by atoms with E-state index in [2.05, 4.69) is 62.7 Å². The monoisotopic (exact) mass is 610 g/mol. The van der Waals surface area contributed by atoms with Gasteiger partial charge in [0, 0.05) is 24.0 Å². The number of ether oxygens (including phenoxy) is 1. The van der Waals surface area contributed by atoms with Crippen molar-refractivity contribution in [3.05, 3.63) is 94.4 Å². The van der Waals surface area contributed by atoms with Crippen molar-refractivity contribution in [2.24, 2.45) is 0 Å². The number of carbonyl (C=O) groups is 1. The molecular formula is C29H26F4N8O3. The van der Waals surface area contributed by atoms with Gasteiger partial charge in [-0.2, -0.15) is 28.6 Å². The molecule has 0 fully saturated rings. The van der Waals surface area contributed by atoms with Crippen LogP contribution in [0.15, 0.2) is 55.0 Å². The number of hydrogen-bond donors (Lipinski definition) is 2. The predicted molar refractivity (Wildman–Crippen MR) is 150 cm³/mol. The number of rotatable bonds is 8. The minimum absolute atomic E-state index is 0.0555. The molecule has 5 aromatic rings. The zero-order valence-corrected chi connectivity index (χ0v) is 23.7. The van der Waals surface area contributed by atoms with E-state index in [-0.39, 0.29) is 23.4 Å². The number of carboxylic acids is 1. The van der Waals surface area contributed by atoms with Gasteiger partial charge >= 0.3 is 12.1 Å². The molecule has 0 unspecified atom stereocenters. The van der Waals surface area contributed by atoms with Crippen LogP contribution >= 0.6 is 0 Å². The molecule has 5 rings (SSSR count). The smallest absolute Gasteiger partial charge is 0.490 e. The number of halogens is 4. The summed E-state index contributed by atoms with van der Waals surface area (Å²) >= 11 is 0. The van der Waals surface area contributed by atoms with Crippen molar-refractivity contribution in [1.29, 1.82) is 5.26 Å². The lowest BCUT2D eigenvalue weighted by molar-refractivity contribution is -0.192. The van der Waals surface area contributed by atoms with Crippen LogP contribution in [-0.2, 0) is 24.4 Å². The largest absolute Gasteiger partial charge is 0.494 e. The molecule has 0 amide bonds. The molecule has 2 aromatic carbocycles. The van der Waals surface area contributed by atoms with E-state index in [9.17, 15) is 22.8 Å². The highest BCUT2D eigenvalue weighted by Crippen LogP contribution is 2.26. The van der Waals surface area contributed by atoms with Gasteiger partial charge in [0.2, 0.25) is 0 Å². The second-order valence-electron chi connectivity index (χ2n) is 9.56. The molecule has 0 atom stereocenters. The maximum atomic E-state index is 14.8. The van der Waals surface area contributed by atoms with Crippen molar-refractivity contribution in [2.45, 2.75) is 39.7 Å². The standard InChI is InChI=1S/C27H25FN8O.C2HF3O2/c1-17-10-18(2)36(33-17)14-20-6-4-19(5-7-20)13-35-15-23-26(31-16-32-27(23)34-35)30-12-22-21(11-29)8-9-24(37-3)25(22)28;3-2(4,5)1(6)7/h4-10,15-16H,12-14H2,1-3H3,(H,30,31,32,34);(H,6,7). The summed E-state index contributed by atoms with van der Waals surface area (Å²) in [4.78, 5) is 17.5. The fourth-order valence-corrected chi connectivity index (χ4v) is 4.26. The Kier molecular flexibility index (Phi) is 9.42. The highest BCUT2D eigenvalue weighted by atomic mass is 19.4. The topological polar surface area (TPSA) is 144 Å². The van der Waals surface area contributed by atoms with Crippen molar-refractivity contribution in [3.63, 3.8) is 0 Å². The molecule has 3 aromatic heterocycles. The molecule has 0 saturated carbocycles. The molecule has 228 valence electrons. The second kappa shape index (κ2) is 13.2. The van der Waals surface area contributed by atoms with E-state index < -0.39 is 18.0 Å². The summed E-state index contributed by atoms with van der Waals surface area (Å²) in [7, 11) is 1.39. The molecule has 3 heterocycles. The first-order valence-electron chi connectivity index (χ1n) is 13.0. The molecule has 0 saturated heterocycles. The summed E-state index contributed by atoms with van der Waals surface area (Å²) in [5.41, 5.74) is 5.35. The van der Waals surface area contributed by atoms with Crippen LogP contribution in [0, 0.1) is 31.0 Å². The predicted octanol–water partition coefficient (Wildman–Crippen LogP) is 5.00. The Balaban J connectivity index is 0.000000566. The minimum atomic E-state index is -5.08. The van der Waals surface area contributed by atoms with Gasteiger partial charge in [-0.1, -0.05) is 24.3 Å². The lowest BCUT2D eigenvalue weighted by atomic mass is 10.1. The van der Waals surface area contributed by atoms with Gasteiger partial charge in [-0.25, -0.2) is 19.2 Å². The summed E-state index contributed by atoms with van der Waals surface area (Å²) in [6.45, 7) is 5.38. The van der Waals surface area contributed by atoms with Gasteiger partial charge in [0.1, 0.15) is 12.1 Å². The lowest BCUT2D eigenvalue weighted by Gasteiger charge is -2.11. The van der Waals surface area contributed by atoms with Gasteiger partial charge < -0.3 is 15.2 Å². The number of fused-ring (bicyclic) bond motifs is 1. The number of aliphatic carboxylic acids is 1. The Morgan fingerprint density at radius 2 is 1.73 bits per heavy atom. The van der Waals surface area contributed by atoms with Gasteiger partial charge in [-0.3, -0.25) is 9.36 Å². The number of methoxy groups -OCH3 is 1. The molecule has 0 spiro atoms. The molecule has 0 aliphatic carbocycles. The normalized spacial score (nSPS) is 11.0. The molecule has 44 heavy (non-hydrogen) atoms. The Morgan fingerprint density at radius 3 is 2.30 bits per heavy atom. The van der Waals surface area contributed by atoms with E-state index in [1.807, 2.05) is 23.9 Å². The SMILES string of the molecule is COc1ccc(C#N)c(CNc2ncnc3nn(Cc4ccc(Cn5nc(C)cc5C)cc4)cc23)c1F.O=C(O)C(F)(F)F. The first-order valence-corrected chi connectivity index (χ1v) is 13.0. The third-order valence-corrected chi connectivity index (χ3v) is 6.39. The first-order chi connectivity index (χ1) is 20.9. The van der Waals surface area contributed by atoms with Gasteiger partial charge in [-0.05, 0) is 43.2 Å². The van der Waals surface area contributed by atoms with Gasteiger partial charge in [-0.15, -0.1) is 0 Å². The van der Waals surface area contributed by atoms with E-state index in [4.69, 9.17) is 14.6 Å². The average Bonchev–Trinajstić information content (AvgIpc) is 3.54. The summed E-state index contributed by atoms with van der Waals surface area (Å²) in [5.74, 6) is -2.75. The van der Waals surface area contributed by atoms with Crippen LogP contribution in [-0.4, -0.2) is 53.9 Å². The first kappa shape index (κ1) is 31.4. The molecule has 0 bridgehead atoms. The van der Waals surface area contributed by atoms with Crippen LogP contribution in [0.4, 0.5) is 23.4 Å². The number of nitrogens with one attached hydrogen (secondary N) is 1. The third kappa shape index (κ3) is 7.46. The van der Waals surface area contributed by atoms with Gasteiger partial charge in [0.25, 0.3) is 0 Å². The van der Waals surface area contributed by atoms with Gasteiger partial charge in [0.05, 0.1) is 42.9 Å². The van der Waals surface area contributed by atoms with Crippen molar-refractivity contribution < 1.29 is 32.2 Å². The van der Waals surface area contributed by atoms with E-state index in [1.54, 1.807) is 4.68 Å². The van der Waals surface area contributed by atoms with Crippen LogP contribution in [0.1, 0.15) is 33.6 Å². The number of carboxylic acid groups (broad SMARTS) is 1. The van der Waals surface area contributed by atoms with Crippen LogP contribution in [0.3, 0.4) is 0 Å². The highest BCUT2D eigenvalue weighted by molar-refractivity contribution is 5.85. The van der Waals surface area contributed by atoms with Crippen LogP contribution < -0.4 is 10.1 Å². The Hall–Kier alpha value is -5.52. The maximum absolute atomic E-state index is 14.8. The molecule has 2 N–H and O–H groups in total. The Morgan fingerprint density at radius 1 is 1.07 bits per heavy atom. The number of anilines is 1. The number of nitrogens with zero attached hydrogens (tertiary/aromatic N) is 7. The van der Waals surface area contributed by atoms with E-state index in [0.717, 1.165) is 23.5 Å². The highest BCUT2D eigenvalue weighted by Gasteiger charge is 2.38. The van der Waals surface area contributed by atoms with Crippen LogP contribution in [0.5, 0.6) is 5.75 Å². The third-order valence-electron chi connectivity index (χ3n) is 6.39. The molecule has 15 heteroatoms. The van der Waals surface area contributed by atoms with E-state index >= 15 is 0 Å². The summed E-state index contributed by atoms with van der Waals surface area (Å²) in [6, 6.07) is 15.4. The summed E-state index contributed by atoms with van der Waals surface area (Å²) < 4.78 is 55.4. The number of hydrogen-bond acceptors (Lipinski definition) is 8. The number of aromatic nitrogens is 6. The Bertz CT molecular complexity index is 1830. The number of nitriles is 1. The molecule has 0 radical (unpaired) electrons. The summed E-state index contributed by atoms with van der Waals surface area (Å²) in [5, 5.41) is 29.4. The lowest BCUT2D eigenvalue weighted by Crippen LogP contribution is -2.21. The number of aryl methyl sites for hydroxylation is 2. The molecule has 0 aliphatic rings. The zero-order valence-electron chi connectivity index (χ0n) is 23.7. The average molecular weight is 611 g/mol. The second-order valence-corrected chi connectivity index (χ2v) is 9.56. The van der Waals surface area contributed by atoms with Crippen LogP contribution in [0.25, 0.3) is 11.0 Å². The van der Waals surface area contributed by atoms with Gasteiger partial charge in [0.15, 0.2) is 17.2 Å². The van der Waals surface area contributed by atoms with Crippen molar-refractivity contribution in [3.8, 4) is 11.8 Å². The quantitative estimate of drug-likeness (QED) is 0.232. The van der Waals surface area contributed by atoms with Crippen molar-refractivity contribution in [2.75, 3.05) is 12.4 Å². The number of alkyl halides is 3. The molecular weight excluding hydrogens is 584 g/mol. The fraction of sp³-hybridized carbons (Fsp3) is 0.241. The maximum Gasteiger partial charge on any atom is 0.490 e. The summed E-state index contributed by atoms with van der Waals surface area (Å²) in [6.07, 6.45) is -1.82. The Labute approximate surface area is 248 Å². The zero-order chi connectivity index (χ0) is 32.0. The number of benzene rings is 2. The fourth-order valence-electron chi connectivity index (χ4n) is 4.26. The molecule has 0 aliphatic heterocycles. The van der Waals surface area contributed by atoms with E-state index in [0.29, 0.717) is 23.4 Å².